The van der Waals surface area contributed by atoms with Crippen molar-refractivity contribution in [2.75, 3.05) is 6.54 Å². The Hall–Kier alpha value is -1.84. The fourth-order valence-electron chi connectivity index (χ4n) is 2.30. The Bertz CT molecular complexity index is 691. The molecule has 4 heteroatoms. The Morgan fingerprint density at radius 1 is 1.20 bits per heavy atom. The number of pyridine rings is 1. The van der Waals surface area contributed by atoms with E-state index in [2.05, 4.69) is 39.3 Å². The van der Waals surface area contributed by atoms with E-state index in [-0.39, 0.29) is 0 Å². The molecule has 0 aliphatic carbocycles. The largest absolute Gasteiger partial charge is 0.346 e. The second kappa shape index (κ2) is 6.07. The Morgan fingerprint density at radius 3 is 3.00 bits per heavy atom. The van der Waals surface area contributed by atoms with Crippen molar-refractivity contribution in [3.63, 3.8) is 0 Å². The zero-order valence-electron chi connectivity index (χ0n) is 11.1. The monoisotopic (exact) mass is 285 g/mol. The molecule has 0 spiro atoms. The van der Waals surface area contributed by atoms with E-state index >= 15 is 0 Å². The SMILES string of the molecule is Clc1ccc2c(ccn2CCNCc2cccnc2)c1. The number of fused-ring (bicyclic) bond motifs is 1. The molecule has 0 bridgehead atoms. The van der Waals surface area contributed by atoms with Gasteiger partial charge in [0.15, 0.2) is 0 Å². The van der Waals surface area contributed by atoms with Gasteiger partial charge in [-0.3, -0.25) is 4.98 Å². The van der Waals surface area contributed by atoms with Gasteiger partial charge < -0.3 is 9.88 Å². The highest BCUT2D eigenvalue weighted by Gasteiger charge is 2.01. The molecule has 0 aliphatic heterocycles. The Morgan fingerprint density at radius 2 is 2.15 bits per heavy atom. The first-order chi connectivity index (χ1) is 9.83. The third kappa shape index (κ3) is 3.00. The van der Waals surface area contributed by atoms with E-state index in [0.29, 0.717) is 0 Å². The van der Waals surface area contributed by atoms with Gasteiger partial charge in [0.2, 0.25) is 0 Å². The second-order valence-electron chi connectivity index (χ2n) is 4.75. The first kappa shape index (κ1) is 13.2. The molecule has 0 atom stereocenters. The lowest BCUT2D eigenvalue weighted by atomic mass is 10.2. The molecule has 0 aliphatic rings. The van der Waals surface area contributed by atoms with Crippen molar-refractivity contribution in [3.8, 4) is 0 Å². The number of halogens is 1. The van der Waals surface area contributed by atoms with Crippen LogP contribution >= 0.6 is 11.6 Å². The van der Waals surface area contributed by atoms with Crippen molar-refractivity contribution in [3.05, 3.63) is 65.6 Å². The van der Waals surface area contributed by atoms with Crippen LogP contribution in [0.1, 0.15) is 5.56 Å². The van der Waals surface area contributed by atoms with Gasteiger partial charge in [-0.2, -0.15) is 0 Å². The fraction of sp³-hybridized carbons (Fsp3) is 0.188. The molecule has 20 heavy (non-hydrogen) atoms. The maximum atomic E-state index is 6.00. The lowest BCUT2D eigenvalue weighted by Gasteiger charge is -2.07. The van der Waals surface area contributed by atoms with E-state index in [1.807, 2.05) is 24.4 Å². The zero-order chi connectivity index (χ0) is 13.8. The molecular weight excluding hydrogens is 270 g/mol. The molecule has 0 saturated heterocycles. The molecule has 0 amide bonds. The van der Waals surface area contributed by atoms with Crippen LogP contribution < -0.4 is 5.32 Å². The summed E-state index contributed by atoms with van der Waals surface area (Å²) in [5, 5.41) is 5.40. The number of hydrogen-bond acceptors (Lipinski definition) is 2. The minimum absolute atomic E-state index is 0.782. The Kier molecular flexibility index (Phi) is 4.00. The van der Waals surface area contributed by atoms with E-state index < -0.39 is 0 Å². The molecule has 3 aromatic rings. The van der Waals surface area contributed by atoms with Crippen molar-refractivity contribution >= 4 is 22.5 Å². The van der Waals surface area contributed by atoms with Crippen LogP contribution in [0.3, 0.4) is 0 Å². The average Bonchev–Trinajstić information content (AvgIpc) is 2.87. The average molecular weight is 286 g/mol. The van der Waals surface area contributed by atoms with E-state index in [9.17, 15) is 0 Å². The lowest BCUT2D eigenvalue weighted by molar-refractivity contribution is 0.608. The first-order valence-corrected chi connectivity index (χ1v) is 7.05. The van der Waals surface area contributed by atoms with Gasteiger partial charge in [-0.25, -0.2) is 0 Å². The van der Waals surface area contributed by atoms with Crippen LogP contribution in [0.15, 0.2) is 55.0 Å². The van der Waals surface area contributed by atoms with Gasteiger partial charge in [0.25, 0.3) is 0 Å². The normalized spacial score (nSPS) is 11.1. The molecule has 102 valence electrons. The van der Waals surface area contributed by atoms with Crippen LogP contribution in [0.4, 0.5) is 0 Å². The van der Waals surface area contributed by atoms with Crippen molar-refractivity contribution < 1.29 is 0 Å². The van der Waals surface area contributed by atoms with Gasteiger partial charge in [-0.1, -0.05) is 17.7 Å². The maximum absolute atomic E-state index is 6.00. The molecule has 2 heterocycles. The minimum Gasteiger partial charge on any atom is -0.346 e. The van der Waals surface area contributed by atoms with Crippen LogP contribution in [0.5, 0.6) is 0 Å². The summed E-state index contributed by atoms with van der Waals surface area (Å²) in [7, 11) is 0. The number of hydrogen-bond donors (Lipinski definition) is 1. The van der Waals surface area contributed by atoms with E-state index in [4.69, 9.17) is 11.6 Å². The molecule has 1 aromatic carbocycles. The van der Waals surface area contributed by atoms with Crippen molar-refractivity contribution in [2.24, 2.45) is 0 Å². The van der Waals surface area contributed by atoms with Crippen LogP contribution in [-0.2, 0) is 13.1 Å². The molecule has 0 radical (unpaired) electrons. The van der Waals surface area contributed by atoms with E-state index in [1.165, 1.54) is 16.5 Å². The van der Waals surface area contributed by atoms with Gasteiger partial charge in [0.1, 0.15) is 0 Å². The van der Waals surface area contributed by atoms with Crippen LogP contribution in [0.25, 0.3) is 10.9 Å². The summed E-state index contributed by atoms with van der Waals surface area (Å²) in [6.45, 7) is 2.70. The third-order valence-electron chi connectivity index (χ3n) is 3.31. The lowest BCUT2D eigenvalue weighted by Crippen LogP contribution is -2.19. The fourth-order valence-corrected chi connectivity index (χ4v) is 2.48. The van der Waals surface area contributed by atoms with Crippen molar-refractivity contribution in [2.45, 2.75) is 13.1 Å². The summed E-state index contributed by atoms with van der Waals surface area (Å²) in [6.07, 6.45) is 5.79. The highest BCUT2D eigenvalue weighted by atomic mass is 35.5. The Labute approximate surface area is 123 Å². The summed E-state index contributed by atoms with van der Waals surface area (Å²) >= 11 is 6.00. The Balaban J connectivity index is 1.58. The smallest absolute Gasteiger partial charge is 0.0481 e. The second-order valence-corrected chi connectivity index (χ2v) is 5.19. The number of nitrogens with one attached hydrogen (secondary N) is 1. The van der Waals surface area contributed by atoms with Gasteiger partial charge in [-0.05, 0) is 35.9 Å². The van der Waals surface area contributed by atoms with E-state index in [0.717, 1.165) is 24.7 Å². The van der Waals surface area contributed by atoms with Crippen LogP contribution in [0, 0.1) is 0 Å². The molecular formula is C16H16ClN3. The number of rotatable bonds is 5. The highest BCUT2D eigenvalue weighted by Crippen LogP contribution is 2.20. The number of benzene rings is 1. The predicted octanol–water partition coefficient (Wildman–Crippen LogP) is 3.48. The van der Waals surface area contributed by atoms with Crippen molar-refractivity contribution in [1.29, 1.82) is 0 Å². The molecule has 3 rings (SSSR count). The molecule has 0 unspecified atom stereocenters. The molecule has 1 N–H and O–H groups in total. The van der Waals surface area contributed by atoms with Crippen molar-refractivity contribution in [1.82, 2.24) is 14.9 Å². The molecule has 2 aromatic heterocycles. The summed E-state index contributed by atoms with van der Waals surface area (Å²) in [5.41, 5.74) is 2.43. The maximum Gasteiger partial charge on any atom is 0.0481 e. The summed E-state index contributed by atoms with van der Waals surface area (Å²) in [5.74, 6) is 0. The number of aromatic nitrogens is 2. The quantitative estimate of drug-likeness (QED) is 0.728. The van der Waals surface area contributed by atoms with Crippen LogP contribution in [0.2, 0.25) is 5.02 Å². The van der Waals surface area contributed by atoms with Gasteiger partial charge in [-0.15, -0.1) is 0 Å². The summed E-state index contributed by atoms with van der Waals surface area (Å²) in [4.78, 5) is 4.10. The minimum atomic E-state index is 0.782. The summed E-state index contributed by atoms with van der Waals surface area (Å²) in [6, 6.07) is 12.1. The topological polar surface area (TPSA) is 29.9 Å². The summed E-state index contributed by atoms with van der Waals surface area (Å²) < 4.78 is 2.24. The van der Waals surface area contributed by atoms with Gasteiger partial charge in [0, 0.05) is 54.2 Å². The third-order valence-corrected chi connectivity index (χ3v) is 3.55. The molecule has 0 saturated carbocycles. The van der Waals surface area contributed by atoms with Gasteiger partial charge >= 0.3 is 0 Å². The van der Waals surface area contributed by atoms with Crippen LogP contribution in [-0.4, -0.2) is 16.1 Å². The van der Waals surface area contributed by atoms with E-state index in [1.54, 1.807) is 6.20 Å². The molecule has 0 fully saturated rings. The predicted molar refractivity (Wildman–Crippen MR) is 82.9 cm³/mol. The standard InChI is InChI=1S/C16H16ClN3/c17-15-3-4-16-14(10-15)5-8-20(16)9-7-19-12-13-2-1-6-18-11-13/h1-6,8,10-11,19H,7,9,12H2. The first-order valence-electron chi connectivity index (χ1n) is 6.67. The highest BCUT2D eigenvalue weighted by molar-refractivity contribution is 6.31. The molecule has 3 nitrogen and oxygen atoms in total. The van der Waals surface area contributed by atoms with Gasteiger partial charge in [0.05, 0.1) is 0 Å². The number of nitrogens with zero attached hydrogens (tertiary/aromatic N) is 2. The zero-order valence-corrected chi connectivity index (χ0v) is 11.8.